The van der Waals surface area contributed by atoms with Crippen LogP contribution in [0.2, 0.25) is 0 Å². The van der Waals surface area contributed by atoms with Crippen molar-refractivity contribution in [2.45, 2.75) is 32.3 Å². The van der Waals surface area contributed by atoms with E-state index < -0.39 is 0 Å². The molecule has 0 bridgehead atoms. The van der Waals surface area contributed by atoms with Gasteiger partial charge in [0.05, 0.1) is 6.61 Å². The molecule has 1 aliphatic rings. The van der Waals surface area contributed by atoms with E-state index in [1.54, 1.807) is 0 Å². The normalized spacial score (nSPS) is 16.2. The van der Waals surface area contributed by atoms with E-state index in [2.05, 4.69) is 5.32 Å². The molecule has 0 aliphatic carbocycles. The number of urea groups is 1. The van der Waals surface area contributed by atoms with Crippen molar-refractivity contribution in [3.8, 4) is 0 Å². The highest BCUT2D eigenvalue weighted by molar-refractivity contribution is 5.89. The summed E-state index contributed by atoms with van der Waals surface area (Å²) in [5.41, 5.74) is 1.63. The summed E-state index contributed by atoms with van der Waals surface area (Å²) >= 11 is 0. The van der Waals surface area contributed by atoms with Gasteiger partial charge in [-0.3, -0.25) is 0 Å². The second-order valence-corrected chi connectivity index (χ2v) is 4.69. The predicted octanol–water partition coefficient (Wildman–Crippen LogP) is 2.59. The molecule has 0 radical (unpaired) electrons. The molecule has 0 atom stereocenters. The predicted molar refractivity (Wildman–Crippen MR) is 71.4 cm³/mol. The van der Waals surface area contributed by atoms with Gasteiger partial charge in [-0.25, -0.2) is 4.79 Å². The molecule has 2 amide bonds. The van der Waals surface area contributed by atoms with Gasteiger partial charge in [-0.15, -0.1) is 0 Å². The molecular formula is C14H20N2O2. The molecule has 1 heterocycles. The van der Waals surface area contributed by atoms with Gasteiger partial charge in [-0.1, -0.05) is 25.0 Å². The minimum Gasteiger partial charge on any atom is -0.392 e. The standard InChI is InChI=1S/C14H20N2O2/c17-11-12-5-7-13(8-6-12)15-14(18)16-9-3-1-2-4-10-16/h5-8,17H,1-4,9-11H2,(H,15,18). The molecule has 0 unspecified atom stereocenters. The minimum absolute atomic E-state index is 0.0198. The van der Waals surface area contributed by atoms with Crippen LogP contribution in [0.3, 0.4) is 0 Å². The van der Waals surface area contributed by atoms with Crippen molar-refractivity contribution in [3.63, 3.8) is 0 Å². The van der Waals surface area contributed by atoms with Crippen LogP contribution in [-0.2, 0) is 6.61 Å². The fraction of sp³-hybridized carbons (Fsp3) is 0.500. The lowest BCUT2D eigenvalue weighted by Gasteiger charge is -2.20. The lowest BCUT2D eigenvalue weighted by molar-refractivity contribution is 0.214. The average molecular weight is 248 g/mol. The lowest BCUT2D eigenvalue weighted by atomic mass is 10.2. The van der Waals surface area contributed by atoms with Crippen LogP contribution in [0, 0.1) is 0 Å². The second kappa shape index (κ2) is 6.40. The van der Waals surface area contributed by atoms with Gasteiger partial charge in [0.2, 0.25) is 0 Å². The summed E-state index contributed by atoms with van der Waals surface area (Å²) in [7, 11) is 0. The summed E-state index contributed by atoms with van der Waals surface area (Å²) in [6, 6.07) is 7.26. The van der Waals surface area contributed by atoms with E-state index in [1.165, 1.54) is 12.8 Å². The molecule has 2 rings (SSSR count). The van der Waals surface area contributed by atoms with Crippen LogP contribution in [-0.4, -0.2) is 29.1 Å². The fourth-order valence-electron chi connectivity index (χ4n) is 2.17. The molecule has 0 spiro atoms. The Morgan fingerprint density at radius 2 is 1.72 bits per heavy atom. The largest absolute Gasteiger partial charge is 0.392 e. The summed E-state index contributed by atoms with van der Waals surface area (Å²) < 4.78 is 0. The first-order valence-corrected chi connectivity index (χ1v) is 6.55. The number of likely N-dealkylation sites (tertiary alicyclic amines) is 1. The van der Waals surface area contributed by atoms with Gasteiger partial charge >= 0.3 is 6.03 Å². The SMILES string of the molecule is O=C(Nc1ccc(CO)cc1)N1CCCCCC1. The maximum Gasteiger partial charge on any atom is 0.321 e. The van der Waals surface area contributed by atoms with Crippen molar-refractivity contribution in [2.75, 3.05) is 18.4 Å². The number of carbonyl (C=O) groups is 1. The van der Waals surface area contributed by atoms with Crippen LogP contribution >= 0.6 is 0 Å². The summed E-state index contributed by atoms with van der Waals surface area (Å²) in [5, 5.41) is 11.8. The molecule has 1 saturated heterocycles. The maximum atomic E-state index is 12.0. The van der Waals surface area contributed by atoms with E-state index in [1.807, 2.05) is 29.2 Å². The van der Waals surface area contributed by atoms with Crippen molar-refractivity contribution in [1.82, 2.24) is 4.90 Å². The highest BCUT2D eigenvalue weighted by Gasteiger charge is 2.15. The third-order valence-electron chi connectivity index (χ3n) is 3.28. The van der Waals surface area contributed by atoms with Crippen LogP contribution in [0.5, 0.6) is 0 Å². The van der Waals surface area contributed by atoms with E-state index in [-0.39, 0.29) is 12.6 Å². The Morgan fingerprint density at radius 1 is 1.11 bits per heavy atom. The molecular weight excluding hydrogens is 228 g/mol. The van der Waals surface area contributed by atoms with Gasteiger partial charge in [0.15, 0.2) is 0 Å². The molecule has 0 aromatic heterocycles. The highest BCUT2D eigenvalue weighted by Crippen LogP contribution is 2.13. The number of benzene rings is 1. The first kappa shape index (κ1) is 12.9. The first-order valence-electron chi connectivity index (χ1n) is 6.55. The van der Waals surface area contributed by atoms with Gasteiger partial charge in [0, 0.05) is 18.8 Å². The van der Waals surface area contributed by atoms with Gasteiger partial charge < -0.3 is 15.3 Å². The average Bonchev–Trinajstić information content (AvgIpc) is 2.68. The fourth-order valence-corrected chi connectivity index (χ4v) is 2.17. The molecule has 1 aliphatic heterocycles. The number of anilines is 1. The Bertz CT molecular complexity index is 381. The van der Waals surface area contributed by atoms with Gasteiger partial charge in [-0.2, -0.15) is 0 Å². The number of aliphatic hydroxyl groups excluding tert-OH is 1. The zero-order valence-electron chi connectivity index (χ0n) is 10.6. The van der Waals surface area contributed by atoms with E-state index >= 15 is 0 Å². The van der Waals surface area contributed by atoms with Crippen LogP contribution < -0.4 is 5.32 Å². The number of rotatable bonds is 2. The van der Waals surface area contributed by atoms with Gasteiger partial charge in [0.25, 0.3) is 0 Å². The zero-order chi connectivity index (χ0) is 12.8. The zero-order valence-corrected chi connectivity index (χ0v) is 10.6. The Morgan fingerprint density at radius 3 is 2.28 bits per heavy atom. The van der Waals surface area contributed by atoms with Crippen LogP contribution in [0.15, 0.2) is 24.3 Å². The van der Waals surface area contributed by atoms with Crippen molar-refractivity contribution in [1.29, 1.82) is 0 Å². The molecule has 1 fully saturated rings. The summed E-state index contributed by atoms with van der Waals surface area (Å²) in [4.78, 5) is 13.9. The number of amides is 2. The van der Waals surface area contributed by atoms with Gasteiger partial charge in [0.1, 0.15) is 0 Å². The van der Waals surface area contributed by atoms with E-state index in [0.717, 1.165) is 37.2 Å². The number of hydrogen-bond acceptors (Lipinski definition) is 2. The van der Waals surface area contributed by atoms with Crippen molar-refractivity contribution in [2.24, 2.45) is 0 Å². The van der Waals surface area contributed by atoms with Crippen molar-refractivity contribution < 1.29 is 9.90 Å². The van der Waals surface area contributed by atoms with E-state index in [4.69, 9.17) is 5.11 Å². The highest BCUT2D eigenvalue weighted by atomic mass is 16.3. The third kappa shape index (κ3) is 3.47. The van der Waals surface area contributed by atoms with Crippen molar-refractivity contribution >= 4 is 11.7 Å². The smallest absolute Gasteiger partial charge is 0.321 e. The van der Waals surface area contributed by atoms with Gasteiger partial charge in [-0.05, 0) is 30.5 Å². The van der Waals surface area contributed by atoms with Crippen LogP contribution in [0.25, 0.3) is 0 Å². The molecule has 4 heteroatoms. The van der Waals surface area contributed by atoms with Crippen molar-refractivity contribution in [3.05, 3.63) is 29.8 Å². The summed E-state index contributed by atoms with van der Waals surface area (Å²) in [6.45, 7) is 1.72. The number of nitrogens with zero attached hydrogens (tertiary/aromatic N) is 1. The van der Waals surface area contributed by atoms with Crippen LogP contribution in [0.1, 0.15) is 31.2 Å². The third-order valence-corrected chi connectivity index (χ3v) is 3.28. The van der Waals surface area contributed by atoms with E-state index in [0.29, 0.717) is 0 Å². The molecule has 0 saturated carbocycles. The molecule has 98 valence electrons. The number of nitrogens with one attached hydrogen (secondary N) is 1. The molecule has 1 aromatic rings. The Kier molecular flexibility index (Phi) is 4.59. The van der Waals surface area contributed by atoms with Crippen LogP contribution in [0.4, 0.5) is 10.5 Å². The maximum absolute atomic E-state index is 12.0. The number of hydrogen-bond donors (Lipinski definition) is 2. The molecule has 1 aromatic carbocycles. The monoisotopic (exact) mass is 248 g/mol. The molecule has 4 nitrogen and oxygen atoms in total. The summed E-state index contributed by atoms with van der Waals surface area (Å²) in [5.74, 6) is 0. The Balaban J connectivity index is 1.92. The summed E-state index contributed by atoms with van der Waals surface area (Å²) in [6.07, 6.45) is 4.62. The lowest BCUT2D eigenvalue weighted by Crippen LogP contribution is -2.35. The molecule has 18 heavy (non-hydrogen) atoms. The second-order valence-electron chi connectivity index (χ2n) is 4.69. The Hall–Kier alpha value is -1.55. The minimum atomic E-state index is -0.0198. The quantitative estimate of drug-likeness (QED) is 0.845. The Labute approximate surface area is 108 Å². The first-order chi connectivity index (χ1) is 8.79. The topological polar surface area (TPSA) is 52.6 Å². The van der Waals surface area contributed by atoms with E-state index in [9.17, 15) is 4.79 Å². The number of carbonyl (C=O) groups excluding carboxylic acids is 1. The molecule has 2 N–H and O–H groups in total. The number of aliphatic hydroxyl groups is 1.